The molecule has 0 fully saturated rings. The second-order valence-electron chi connectivity index (χ2n) is 4.55. The molecule has 3 nitrogen and oxygen atoms in total. The molecule has 0 saturated carbocycles. The van der Waals surface area contributed by atoms with Crippen LogP contribution in [0.4, 0.5) is 0 Å². The van der Waals surface area contributed by atoms with Crippen LogP contribution < -0.4 is 5.56 Å². The van der Waals surface area contributed by atoms with Crippen molar-refractivity contribution in [3.05, 3.63) is 62.8 Å². The summed E-state index contributed by atoms with van der Waals surface area (Å²) in [6.07, 6.45) is 4.85. The highest BCUT2D eigenvalue weighted by Crippen LogP contribution is 2.20. The van der Waals surface area contributed by atoms with E-state index in [4.69, 9.17) is 11.6 Å². The molecular formula is C14H13ClN2O. The molecule has 92 valence electrons. The van der Waals surface area contributed by atoms with Gasteiger partial charge >= 0.3 is 0 Å². The summed E-state index contributed by atoms with van der Waals surface area (Å²) in [5.41, 5.74) is 3.31. The van der Waals surface area contributed by atoms with E-state index in [1.807, 2.05) is 16.7 Å². The van der Waals surface area contributed by atoms with Gasteiger partial charge < -0.3 is 4.57 Å². The summed E-state index contributed by atoms with van der Waals surface area (Å²) in [6.45, 7) is 0.503. The third-order valence-electron chi connectivity index (χ3n) is 3.35. The average molecular weight is 261 g/mol. The first-order chi connectivity index (χ1) is 8.74. The van der Waals surface area contributed by atoms with Crippen molar-refractivity contribution >= 4 is 11.6 Å². The fraction of sp³-hybridized carbons (Fsp3) is 0.286. The normalized spacial score (nSPS) is 13.6. The first kappa shape index (κ1) is 11.5. The molecule has 0 radical (unpaired) electrons. The van der Waals surface area contributed by atoms with Gasteiger partial charge in [-0.2, -0.15) is 0 Å². The number of halogens is 1. The van der Waals surface area contributed by atoms with Crippen LogP contribution in [-0.2, 0) is 19.4 Å². The Bertz CT molecular complexity index is 648. The molecule has 1 aliphatic rings. The highest BCUT2D eigenvalue weighted by atomic mass is 35.5. The molecule has 0 unspecified atom stereocenters. The van der Waals surface area contributed by atoms with Crippen molar-refractivity contribution in [3.8, 4) is 0 Å². The molecule has 2 aromatic heterocycles. The lowest BCUT2D eigenvalue weighted by atomic mass is 10.2. The third kappa shape index (κ3) is 2.06. The zero-order valence-electron chi connectivity index (χ0n) is 9.90. The summed E-state index contributed by atoms with van der Waals surface area (Å²) in [5.74, 6) is 0. The summed E-state index contributed by atoms with van der Waals surface area (Å²) in [7, 11) is 0. The first-order valence-corrected chi connectivity index (χ1v) is 6.44. The standard InChI is InChI=1S/C14H13ClN2O/c15-11-6-7-16-12(8-11)9-17-13-3-1-2-10(13)4-5-14(17)18/h4-8H,1-3,9H2. The van der Waals surface area contributed by atoms with Crippen molar-refractivity contribution in [2.45, 2.75) is 25.8 Å². The highest BCUT2D eigenvalue weighted by molar-refractivity contribution is 6.30. The molecule has 18 heavy (non-hydrogen) atoms. The van der Waals surface area contributed by atoms with Crippen LogP contribution in [0.2, 0.25) is 5.02 Å². The predicted octanol–water partition coefficient (Wildman–Crippen LogP) is 2.43. The molecule has 0 aromatic carbocycles. The smallest absolute Gasteiger partial charge is 0.251 e. The maximum Gasteiger partial charge on any atom is 0.251 e. The van der Waals surface area contributed by atoms with Crippen molar-refractivity contribution in [2.75, 3.05) is 0 Å². The maximum atomic E-state index is 12.0. The van der Waals surface area contributed by atoms with Crippen LogP contribution in [0.15, 0.2) is 35.3 Å². The minimum Gasteiger partial charge on any atom is -0.306 e. The van der Waals surface area contributed by atoms with Gasteiger partial charge in [0.1, 0.15) is 0 Å². The van der Waals surface area contributed by atoms with Gasteiger partial charge in [-0.05, 0) is 37.0 Å². The Kier molecular flexibility index (Phi) is 2.92. The van der Waals surface area contributed by atoms with E-state index in [1.165, 1.54) is 5.56 Å². The second-order valence-corrected chi connectivity index (χ2v) is 4.99. The summed E-state index contributed by atoms with van der Waals surface area (Å²) in [5, 5.41) is 0.653. The fourth-order valence-electron chi connectivity index (χ4n) is 2.50. The Morgan fingerprint density at radius 2 is 2.17 bits per heavy atom. The van der Waals surface area contributed by atoms with E-state index in [0.717, 1.165) is 30.7 Å². The largest absolute Gasteiger partial charge is 0.306 e. The number of hydrogen-bond donors (Lipinski definition) is 0. The SMILES string of the molecule is O=c1ccc2c(n1Cc1cc(Cl)ccn1)CCC2. The van der Waals surface area contributed by atoms with Gasteiger partial charge in [0.25, 0.3) is 5.56 Å². The van der Waals surface area contributed by atoms with Gasteiger partial charge in [0.05, 0.1) is 12.2 Å². The fourth-order valence-corrected chi connectivity index (χ4v) is 2.69. The van der Waals surface area contributed by atoms with Gasteiger partial charge in [0, 0.05) is 23.0 Å². The van der Waals surface area contributed by atoms with Crippen LogP contribution in [0.3, 0.4) is 0 Å². The van der Waals surface area contributed by atoms with E-state index < -0.39 is 0 Å². The van der Waals surface area contributed by atoms with Crippen LogP contribution in [0.25, 0.3) is 0 Å². The molecule has 0 N–H and O–H groups in total. The van der Waals surface area contributed by atoms with Crippen molar-refractivity contribution < 1.29 is 0 Å². The minimum atomic E-state index is 0.0393. The molecule has 2 heterocycles. The number of aryl methyl sites for hydroxylation is 1. The van der Waals surface area contributed by atoms with Gasteiger partial charge in [-0.1, -0.05) is 17.7 Å². The molecule has 1 aliphatic carbocycles. The van der Waals surface area contributed by atoms with E-state index in [1.54, 1.807) is 18.3 Å². The zero-order valence-corrected chi connectivity index (χ0v) is 10.7. The van der Waals surface area contributed by atoms with Gasteiger partial charge in [0.15, 0.2) is 0 Å². The Labute approximate surface area is 110 Å². The van der Waals surface area contributed by atoms with E-state index in [-0.39, 0.29) is 5.56 Å². The molecule has 0 saturated heterocycles. The molecule has 0 amide bonds. The van der Waals surface area contributed by atoms with Crippen LogP contribution in [0, 0.1) is 0 Å². The molecule has 0 bridgehead atoms. The Morgan fingerprint density at radius 3 is 3.00 bits per heavy atom. The number of hydrogen-bond acceptors (Lipinski definition) is 2. The number of pyridine rings is 2. The first-order valence-electron chi connectivity index (χ1n) is 6.06. The molecule has 0 atom stereocenters. The van der Waals surface area contributed by atoms with E-state index in [9.17, 15) is 4.79 Å². The topological polar surface area (TPSA) is 34.9 Å². The van der Waals surface area contributed by atoms with Gasteiger partial charge in [0.2, 0.25) is 0 Å². The van der Waals surface area contributed by atoms with Crippen molar-refractivity contribution in [1.82, 2.24) is 9.55 Å². The quantitative estimate of drug-likeness (QED) is 0.831. The Morgan fingerprint density at radius 1 is 1.28 bits per heavy atom. The lowest BCUT2D eigenvalue weighted by Crippen LogP contribution is -2.23. The number of fused-ring (bicyclic) bond motifs is 1. The van der Waals surface area contributed by atoms with E-state index in [2.05, 4.69) is 4.98 Å². The van der Waals surface area contributed by atoms with E-state index >= 15 is 0 Å². The Balaban J connectivity index is 2.03. The summed E-state index contributed by atoms with van der Waals surface area (Å²) >= 11 is 5.94. The van der Waals surface area contributed by atoms with Crippen LogP contribution in [-0.4, -0.2) is 9.55 Å². The van der Waals surface area contributed by atoms with E-state index in [0.29, 0.717) is 11.6 Å². The number of rotatable bonds is 2. The van der Waals surface area contributed by atoms with Crippen molar-refractivity contribution in [2.24, 2.45) is 0 Å². The molecule has 3 rings (SSSR count). The van der Waals surface area contributed by atoms with Crippen LogP contribution in [0.5, 0.6) is 0 Å². The van der Waals surface area contributed by atoms with Crippen LogP contribution in [0.1, 0.15) is 23.4 Å². The lowest BCUT2D eigenvalue weighted by molar-refractivity contribution is 0.693. The molecule has 0 spiro atoms. The second kappa shape index (κ2) is 4.58. The maximum absolute atomic E-state index is 12.0. The van der Waals surface area contributed by atoms with Gasteiger partial charge in [-0.3, -0.25) is 9.78 Å². The third-order valence-corrected chi connectivity index (χ3v) is 3.58. The van der Waals surface area contributed by atoms with Crippen molar-refractivity contribution in [1.29, 1.82) is 0 Å². The summed E-state index contributed by atoms with van der Waals surface area (Å²) < 4.78 is 1.82. The minimum absolute atomic E-state index is 0.0393. The molecule has 2 aromatic rings. The Hall–Kier alpha value is -1.61. The van der Waals surface area contributed by atoms with Crippen LogP contribution >= 0.6 is 11.6 Å². The molecule has 4 heteroatoms. The summed E-state index contributed by atoms with van der Waals surface area (Å²) in [4.78, 5) is 16.2. The highest BCUT2D eigenvalue weighted by Gasteiger charge is 2.16. The molecule has 0 aliphatic heterocycles. The summed E-state index contributed by atoms with van der Waals surface area (Å²) in [6, 6.07) is 7.15. The van der Waals surface area contributed by atoms with Gasteiger partial charge in [-0.25, -0.2) is 0 Å². The lowest BCUT2D eigenvalue weighted by Gasteiger charge is -2.11. The number of aromatic nitrogens is 2. The predicted molar refractivity (Wildman–Crippen MR) is 71.1 cm³/mol. The van der Waals surface area contributed by atoms with Crippen molar-refractivity contribution in [3.63, 3.8) is 0 Å². The average Bonchev–Trinajstić information content (AvgIpc) is 2.81. The zero-order chi connectivity index (χ0) is 12.5. The van der Waals surface area contributed by atoms with Gasteiger partial charge in [-0.15, -0.1) is 0 Å². The monoisotopic (exact) mass is 260 g/mol. The molecular weight excluding hydrogens is 248 g/mol. The number of nitrogens with zero attached hydrogens (tertiary/aromatic N) is 2.